The first-order valence-corrected chi connectivity index (χ1v) is 13.0. The Kier molecular flexibility index (Phi) is 6.34. The van der Waals surface area contributed by atoms with Crippen LogP contribution in [0.4, 0.5) is 16.4 Å². The number of rotatable bonds is 7. The molecular formula is C27H32N6O2S. The smallest absolute Gasteiger partial charge is 0.271 e. The molecule has 1 atom stereocenters. The molecular weight excluding hydrogens is 472 g/mol. The second kappa shape index (κ2) is 9.46. The van der Waals surface area contributed by atoms with Crippen molar-refractivity contribution in [3.05, 3.63) is 74.6 Å². The molecule has 9 heteroatoms. The van der Waals surface area contributed by atoms with Crippen molar-refractivity contribution >= 4 is 39.7 Å². The number of nitrogens with zero attached hydrogens (tertiary/aromatic N) is 3. The van der Waals surface area contributed by atoms with Crippen LogP contribution in [0.15, 0.2) is 46.2 Å². The summed E-state index contributed by atoms with van der Waals surface area (Å²) in [6.07, 6.45) is 2.32. The van der Waals surface area contributed by atoms with Gasteiger partial charge in [-0.25, -0.2) is 0 Å². The average Bonchev–Trinajstić information content (AvgIpc) is 3.50. The van der Waals surface area contributed by atoms with Crippen LogP contribution in [0.1, 0.15) is 52.4 Å². The van der Waals surface area contributed by atoms with Gasteiger partial charge in [0, 0.05) is 44.1 Å². The summed E-state index contributed by atoms with van der Waals surface area (Å²) in [7, 11) is 4.05. The van der Waals surface area contributed by atoms with Crippen LogP contribution < -0.4 is 21.5 Å². The molecule has 0 saturated heterocycles. The fourth-order valence-corrected chi connectivity index (χ4v) is 5.61. The molecule has 8 nitrogen and oxygen atoms in total. The molecule has 2 heterocycles. The number of benzene rings is 2. The Bertz CT molecular complexity index is 1400. The normalized spacial score (nSPS) is 16.1. The van der Waals surface area contributed by atoms with Crippen molar-refractivity contribution in [2.24, 2.45) is 16.6 Å². The predicted molar refractivity (Wildman–Crippen MR) is 147 cm³/mol. The standard InChI is InChI=1S/C27H32N6O2S/c1-15-12-19(30-26-23(25(34)31-36-26)24(28)29-16(2)17-8-9-17)10-11-20(15)27(35)33-13-18-6-5-7-22(32(3)4)21(18)14-33/h5-7,10-12,16-17,30H,8-9,13-14H2,1-4H3,(H2,28,29)(H,31,34). The SMILES string of the molecule is Cc1cc(Nc2s[nH]c(=O)c2C(N)=NC(C)C2CC2)ccc1C(=O)N1Cc2cccc(N(C)C)c2C1. The number of anilines is 3. The zero-order valence-corrected chi connectivity index (χ0v) is 21.9. The van der Waals surface area contributed by atoms with Gasteiger partial charge in [-0.1, -0.05) is 12.1 Å². The van der Waals surface area contributed by atoms with E-state index in [2.05, 4.69) is 31.7 Å². The van der Waals surface area contributed by atoms with Crippen molar-refractivity contribution in [2.75, 3.05) is 24.3 Å². The second-order valence-electron chi connectivity index (χ2n) is 9.95. The minimum absolute atomic E-state index is 0.0115. The number of hydrogen-bond acceptors (Lipinski definition) is 6. The van der Waals surface area contributed by atoms with Gasteiger partial charge >= 0.3 is 0 Å². The lowest BCUT2D eigenvalue weighted by molar-refractivity contribution is 0.0751. The molecule has 1 saturated carbocycles. The maximum Gasteiger partial charge on any atom is 0.271 e. The van der Waals surface area contributed by atoms with Crippen LogP contribution in [-0.2, 0) is 13.1 Å². The molecule has 0 spiro atoms. The Hall–Kier alpha value is -3.59. The lowest BCUT2D eigenvalue weighted by Crippen LogP contribution is -2.26. The van der Waals surface area contributed by atoms with E-state index in [1.807, 2.05) is 57.1 Å². The van der Waals surface area contributed by atoms with Crippen molar-refractivity contribution in [1.82, 2.24) is 9.27 Å². The molecule has 4 N–H and O–H groups in total. The molecule has 3 aromatic rings. The van der Waals surface area contributed by atoms with Crippen LogP contribution in [-0.4, -0.2) is 41.2 Å². The molecule has 2 aromatic carbocycles. The summed E-state index contributed by atoms with van der Waals surface area (Å²) in [5, 5.41) is 3.92. The van der Waals surface area contributed by atoms with E-state index in [0.717, 1.165) is 29.8 Å². The van der Waals surface area contributed by atoms with E-state index in [9.17, 15) is 9.59 Å². The highest BCUT2D eigenvalue weighted by molar-refractivity contribution is 7.10. The summed E-state index contributed by atoms with van der Waals surface area (Å²) in [6.45, 7) is 5.17. The first-order chi connectivity index (χ1) is 17.2. The van der Waals surface area contributed by atoms with Gasteiger partial charge in [-0.15, -0.1) is 0 Å². The summed E-state index contributed by atoms with van der Waals surface area (Å²) in [5.74, 6) is 0.828. The molecule has 1 aliphatic carbocycles. The molecule has 0 radical (unpaired) electrons. The lowest BCUT2D eigenvalue weighted by Gasteiger charge is -2.19. The van der Waals surface area contributed by atoms with Crippen molar-refractivity contribution in [3.8, 4) is 0 Å². The topological polar surface area (TPSA) is 107 Å². The molecule has 1 aromatic heterocycles. The van der Waals surface area contributed by atoms with Crippen LogP contribution in [0, 0.1) is 12.8 Å². The molecule has 2 aliphatic rings. The van der Waals surface area contributed by atoms with Gasteiger partial charge in [0.1, 0.15) is 16.4 Å². The number of carbonyl (C=O) groups is 1. The van der Waals surface area contributed by atoms with Crippen LogP contribution in [0.5, 0.6) is 0 Å². The Morgan fingerprint density at radius 3 is 2.72 bits per heavy atom. The van der Waals surface area contributed by atoms with Crippen LogP contribution in [0.25, 0.3) is 0 Å². The summed E-state index contributed by atoms with van der Waals surface area (Å²) in [6, 6.07) is 12.0. The third kappa shape index (κ3) is 4.63. The molecule has 188 valence electrons. The van der Waals surface area contributed by atoms with Gasteiger partial charge in [0.2, 0.25) is 0 Å². The van der Waals surface area contributed by atoms with Gasteiger partial charge in [-0.05, 0) is 85.1 Å². The Labute approximate surface area is 215 Å². The summed E-state index contributed by atoms with van der Waals surface area (Å²) in [4.78, 5) is 34.4. The Balaban J connectivity index is 1.34. The maximum atomic E-state index is 13.4. The van der Waals surface area contributed by atoms with E-state index in [1.54, 1.807) is 0 Å². The third-order valence-electron chi connectivity index (χ3n) is 7.05. The molecule has 1 amide bonds. The number of hydrogen-bond donors (Lipinski definition) is 3. The van der Waals surface area contributed by atoms with Crippen LogP contribution in [0.2, 0.25) is 0 Å². The Morgan fingerprint density at radius 1 is 1.25 bits per heavy atom. The van der Waals surface area contributed by atoms with Crippen molar-refractivity contribution in [2.45, 2.75) is 45.8 Å². The summed E-state index contributed by atoms with van der Waals surface area (Å²) >= 11 is 1.20. The number of fused-ring (bicyclic) bond motifs is 1. The number of nitrogens with one attached hydrogen (secondary N) is 2. The van der Waals surface area contributed by atoms with Gasteiger partial charge in [-0.3, -0.25) is 19.0 Å². The lowest BCUT2D eigenvalue weighted by atomic mass is 10.1. The quantitative estimate of drug-likeness (QED) is 0.330. The highest BCUT2D eigenvalue weighted by Gasteiger charge is 2.29. The van der Waals surface area contributed by atoms with Crippen molar-refractivity contribution < 1.29 is 4.79 Å². The number of aromatic amines is 1. The maximum absolute atomic E-state index is 13.4. The van der Waals surface area contributed by atoms with E-state index in [-0.39, 0.29) is 23.3 Å². The largest absolute Gasteiger partial charge is 0.383 e. The molecule has 1 fully saturated rings. The number of nitrogens with two attached hydrogens (primary N) is 1. The predicted octanol–water partition coefficient (Wildman–Crippen LogP) is 4.21. The summed E-state index contributed by atoms with van der Waals surface area (Å²) < 4.78 is 2.76. The number of aliphatic imine (C=N–C) groups is 1. The first kappa shape index (κ1) is 24.1. The van der Waals surface area contributed by atoms with Crippen molar-refractivity contribution in [3.63, 3.8) is 0 Å². The minimum atomic E-state index is -0.249. The fourth-order valence-electron chi connectivity index (χ4n) is 4.84. The number of H-pyrrole nitrogens is 1. The van der Waals surface area contributed by atoms with Crippen molar-refractivity contribution in [1.29, 1.82) is 0 Å². The molecule has 0 bridgehead atoms. The van der Waals surface area contributed by atoms with Gasteiger partial charge < -0.3 is 20.9 Å². The van der Waals surface area contributed by atoms with E-state index >= 15 is 0 Å². The highest BCUT2D eigenvalue weighted by Crippen LogP contribution is 2.35. The van der Waals surface area contributed by atoms with Crippen LogP contribution >= 0.6 is 11.5 Å². The van der Waals surface area contributed by atoms with Gasteiger partial charge in [0.05, 0.1) is 6.04 Å². The average molecular weight is 505 g/mol. The number of amides is 1. The van der Waals surface area contributed by atoms with Gasteiger partial charge in [0.15, 0.2) is 0 Å². The second-order valence-corrected chi connectivity index (χ2v) is 10.8. The third-order valence-corrected chi connectivity index (χ3v) is 7.84. The number of aromatic nitrogens is 1. The Morgan fingerprint density at radius 2 is 2.03 bits per heavy atom. The molecule has 36 heavy (non-hydrogen) atoms. The minimum Gasteiger partial charge on any atom is -0.383 e. The van der Waals surface area contributed by atoms with E-state index in [0.29, 0.717) is 35.1 Å². The molecule has 1 unspecified atom stereocenters. The van der Waals surface area contributed by atoms with E-state index in [4.69, 9.17) is 5.73 Å². The molecule has 5 rings (SSSR count). The number of carbonyl (C=O) groups excluding carboxylic acids is 1. The van der Waals surface area contributed by atoms with E-state index in [1.165, 1.54) is 22.7 Å². The first-order valence-electron chi connectivity index (χ1n) is 12.2. The number of amidine groups is 1. The van der Waals surface area contributed by atoms with Gasteiger partial charge in [0.25, 0.3) is 11.5 Å². The number of aryl methyl sites for hydroxylation is 1. The van der Waals surface area contributed by atoms with E-state index < -0.39 is 0 Å². The molecule has 1 aliphatic heterocycles. The highest BCUT2D eigenvalue weighted by atomic mass is 32.1. The monoisotopic (exact) mass is 504 g/mol. The zero-order valence-electron chi connectivity index (χ0n) is 21.1. The van der Waals surface area contributed by atoms with Gasteiger partial charge in [-0.2, -0.15) is 0 Å². The van der Waals surface area contributed by atoms with Crippen LogP contribution in [0.3, 0.4) is 0 Å². The summed E-state index contributed by atoms with van der Waals surface area (Å²) in [5.41, 5.74) is 12.2. The fraction of sp³-hybridized carbons (Fsp3) is 0.370. The zero-order chi connectivity index (χ0) is 25.6.